The fraction of sp³-hybridized carbons (Fsp3) is 0.500. The first-order valence-corrected chi connectivity index (χ1v) is 12.3. The highest BCUT2D eigenvalue weighted by Gasteiger charge is 2.32. The molecule has 6 nitrogen and oxygen atoms in total. The molecule has 0 radical (unpaired) electrons. The van der Waals surface area contributed by atoms with Gasteiger partial charge in [0.1, 0.15) is 0 Å². The number of amides is 2. The standard InChI is InChI=1S/C28H40N4O2/c1-31(2)25(21-12-7-5-8-13-21)19-29-27(33)23-16-11-17-24(18-23)28(34)30-20-26(32(3)4)22-14-9-6-10-15-22/h5-10,12-15,23-26H,11,16-20H2,1-4H3,(H,29,33)(H,30,34). The van der Waals surface area contributed by atoms with Crippen LogP contribution in [0.15, 0.2) is 60.7 Å². The van der Waals surface area contributed by atoms with Crippen molar-refractivity contribution in [1.29, 1.82) is 0 Å². The van der Waals surface area contributed by atoms with Crippen LogP contribution in [0.2, 0.25) is 0 Å². The van der Waals surface area contributed by atoms with Gasteiger partial charge in [-0.2, -0.15) is 0 Å². The summed E-state index contributed by atoms with van der Waals surface area (Å²) < 4.78 is 0. The molecule has 34 heavy (non-hydrogen) atoms. The molecule has 0 heterocycles. The lowest BCUT2D eigenvalue weighted by molar-refractivity contribution is -0.130. The Hall–Kier alpha value is -2.70. The van der Waals surface area contributed by atoms with E-state index in [-0.39, 0.29) is 35.7 Å². The maximum atomic E-state index is 13.0. The number of carbonyl (C=O) groups is 2. The first-order chi connectivity index (χ1) is 16.4. The third-order valence-corrected chi connectivity index (χ3v) is 6.97. The lowest BCUT2D eigenvalue weighted by atomic mass is 9.80. The lowest BCUT2D eigenvalue weighted by Crippen LogP contribution is -2.42. The molecule has 1 saturated carbocycles. The van der Waals surface area contributed by atoms with E-state index in [4.69, 9.17) is 0 Å². The van der Waals surface area contributed by atoms with Gasteiger partial charge in [-0.1, -0.05) is 67.1 Å². The highest BCUT2D eigenvalue weighted by atomic mass is 16.2. The van der Waals surface area contributed by atoms with Gasteiger partial charge in [0.05, 0.1) is 12.1 Å². The zero-order valence-corrected chi connectivity index (χ0v) is 21.0. The minimum atomic E-state index is -0.109. The van der Waals surface area contributed by atoms with Crippen LogP contribution in [0.25, 0.3) is 0 Å². The van der Waals surface area contributed by atoms with E-state index in [1.165, 1.54) is 11.1 Å². The van der Waals surface area contributed by atoms with Gasteiger partial charge in [0.2, 0.25) is 11.8 Å². The first-order valence-electron chi connectivity index (χ1n) is 12.3. The normalized spacial score (nSPS) is 20.1. The Morgan fingerprint density at radius 2 is 1.12 bits per heavy atom. The van der Waals surface area contributed by atoms with Crippen LogP contribution in [0.3, 0.4) is 0 Å². The van der Waals surface area contributed by atoms with Crippen molar-refractivity contribution >= 4 is 11.8 Å². The fourth-order valence-electron chi connectivity index (χ4n) is 4.90. The Labute approximate surface area is 204 Å². The highest BCUT2D eigenvalue weighted by Crippen LogP contribution is 2.30. The predicted molar refractivity (Wildman–Crippen MR) is 137 cm³/mol. The van der Waals surface area contributed by atoms with Gasteiger partial charge < -0.3 is 20.4 Å². The van der Waals surface area contributed by atoms with E-state index < -0.39 is 0 Å². The number of nitrogens with one attached hydrogen (secondary N) is 2. The van der Waals surface area contributed by atoms with Crippen LogP contribution >= 0.6 is 0 Å². The Balaban J connectivity index is 1.52. The topological polar surface area (TPSA) is 64.7 Å². The van der Waals surface area contributed by atoms with Crippen molar-refractivity contribution in [3.05, 3.63) is 71.8 Å². The molecule has 0 aliphatic heterocycles. The molecule has 2 aromatic carbocycles. The number of benzene rings is 2. The van der Waals surface area contributed by atoms with Gasteiger partial charge in [0.25, 0.3) is 0 Å². The Morgan fingerprint density at radius 1 is 0.735 bits per heavy atom. The van der Waals surface area contributed by atoms with Crippen molar-refractivity contribution in [2.45, 2.75) is 37.8 Å². The van der Waals surface area contributed by atoms with Crippen molar-refractivity contribution in [3.8, 4) is 0 Å². The molecule has 0 saturated heterocycles. The average Bonchev–Trinajstić information content (AvgIpc) is 2.85. The SMILES string of the molecule is CN(C)C(CNC(=O)C1CCCC(C(=O)NCC(c2ccccc2)N(C)C)C1)c1ccccc1. The fourth-order valence-corrected chi connectivity index (χ4v) is 4.90. The number of hydrogen-bond donors (Lipinski definition) is 2. The number of nitrogens with zero attached hydrogens (tertiary/aromatic N) is 2. The van der Waals surface area contributed by atoms with Gasteiger partial charge in [-0.25, -0.2) is 0 Å². The van der Waals surface area contributed by atoms with Crippen LogP contribution < -0.4 is 10.6 Å². The average molecular weight is 465 g/mol. The molecule has 6 heteroatoms. The summed E-state index contributed by atoms with van der Waals surface area (Å²) in [4.78, 5) is 30.2. The number of rotatable bonds is 10. The van der Waals surface area contributed by atoms with Gasteiger partial charge >= 0.3 is 0 Å². The second-order valence-electron chi connectivity index (χ2n) is 9.83. The molecule has 4 unspecified atom stereocenters. The Bertz CT molecular complexity index is 828. The van der Waals surface area contributed by atoms with Gasteiger partial charge in [-0.05, 0) is 58.6 Å². The maximum absolute atomic E-state index is 13.0. The van der Waals surface area contributed by atoms with Gasteiger partial charge in [0, 0.05) is 24.9 Å². The maximum Gasteiger partial charge on any atom is 0.223 e. The van der Waals surface area contributed by atoms with E-state index >= 15 is 0 Å². The molecular formula is C28H40N4O2. The van der Waals surface area contributed by atoms with Crippen LogP contribution in [0.4, 0.5) is 0 Å². The molecule has 1 fully saturated rings. The lowest BCUT2D eigenvalue weighted by Gasteiger charge is -2.30. The van der Waals surface area contributed by atoms with Crippen LogP contribution in [0.1, 0.15) is 48.9 Å². The zero-order valence-electron chi connectivity index (χ0n) is 21.0. The summed E-state index contributed by atoms with van der Waals surface area (Å²) in [7, 11) is 8.12. The minimum absolute atomic E-state index is 0.0655. The van der Waals surface area contributed by atoms with E-state index in [1.54, 1.807) is 0 Å². The molecule has 4 atom stereocenters. The van der Waals surface area contributed by atoms with E-state index in [1.807, 2.05) is 64.6 Å². The van der Waals surface area contributed by atoms with E-state index in [9.17, 15) is 9.59 Å². The van der Waals surface area contributed by atoms with E-state index in [2.05, 4.69) is 44.7 Å². The van der Waals surface area contributed by atoms with Crippen LogP contribution in [0, 0.1) is 11.8 Å². The summed E-state index contributed by atoms with van der Waals surface area (Å²) in [6.07, 6.45) is 3.21. The number of carbonyl (C=O) groups excluding carboxylic acids is 2. The summed E-state index contributed by atoms with van der Waals surface area (Å²) in [5.41, 5.74) is 2.37. The van der Waals surface area contributed by atoms with Gasteiger partial charge in [-0.3, -0.25) is 9.59 Å². The van der Waals surface area contributed by atoms with Crippen LogP contribution in [-0.4, -0.2) is 62.9 Å². The van der Waals surface area contributed by atoms with Crippen molar-refractivity contribution in [2.24, 2.45) is 11.8 Å². The molecule has 0 aromatic heterocycles. The summed E-state index contributed by atoms with van der Waals surface area (Å²) in [6.45, 7) is 1.12. The van der Waals surface area contributed by atoms with Crippen molar-refractivity contribution < 1.29 is 9.59 Å². The van der Waals surface area contributed by atoms with Crippen LogP contribution in [-0.2, 0) is 9.59 Å². The predicted octanol–water partition coefficient (Wildman–Crippen LogP) is 3.63. The largest absolute Gasteiger partial charge is 0.354 e. The summed E-state index contributed by atoms with van der Waals surface area (Å²) in [5.74, 6) is -0.0878. The molecule has 0 bridgehead atoms. The molecule has 2 N–H and O–H groups in total. The molecule has 184 valence electrons. The minimum Gasteiger partial charge on any atom is -0.354 e. The molecule has 1 aliphatic carbocycles. The first kappa shape index (κ1) is 25.9. The third kappa shape index (κ3) is 7.15. The monoisotopic (exact) mass is 464 g/mol. The molecule has 2 aromatic rings. The molecular weight excluding hydrogens is 424 g/mol. The highest BCUT2D eigenvalue weighted by molar-refractivity contribution is 5.82. The zero-order chi connectivity index (χ0) is 24.5. The number of hydrogen-bond acceptors (Lipinski definition) is 4. The quantitative estimate of drug-likeness (QED) is 0.564. The second-order valence-corrected chi connectivity index (χ2v) is 9.83. The molecule has 3 rings (SSSR count). The van der Waals surface area contributed by atoms with Gasteiger partial charge in [0.15, 0.2) is 0 Å². The van der Waals surface area contributed by atoms with Crippen molar-refractivity contribution in [2.75, 3.05) is 41.3 Å². The summed E-state index contributed by atoms with van der Waals surface area (Å²) in [6, 6.07) is 20.7. The van der Waals surface area contributed by atoms with Crippen molar-refractivity contribution in [3.63, 3.8) is 0 Å². The summed E-state index contributed by atoms with van der Waals surface area (Å²) >= 11 is 0. The molecule has 0 spiro atoms. The smallest absolute Gasteiger partial charge is 0.223 e. The molecule has 1 aliphatic rings. The Kier molecular flexibility index (Phi) is 9.66. The summed E-state index contributed by atoms with van der Waals surface area (Å²) in [5, 5.41) is 6.32. The second kappa shape index (κ2) is 12.7. The van der Waals surface area contributed by atoms with E-state index in [0.717, 1.165) is 19.3 Å². The molecule has 2 amide bonds. The third-order valence-electron chi connectivity index (χ3n) is 6.97. The van der Waals surface area contributed by atoms with Gasteiger partial charge in [-0.15, -0.1) is 0 Å². The van der Waals surface area contributed by atoms with E-state index in [0.29, 0.717) is 19.5 Å². The van der Waals surface area contributed by atoms with Crippen LogP contribution in [0.5, 0.6) is 0 Å². The number of likely N-dealkylation sites (N-methyl/N-ethyl adjacent to an activating group) is 2. The van der Waals surface area contributed by atoms with Crippen molar-refractivity contribution in [1.82, 2.24) is 20.4 Å². The Morgan fingerprint density at radius 3 is 1.47 bits per heavy atom.